The van der Waals surface area contributed by atoms with E-state index in [0.29, 0.717) is 19.0 Å². The zero-order chi connectivity index (χ0) is 7.40. The molecule has 10 heavy (non-hydrogen) atoms. The third-order valence-electron chi connectivity index (χ3n) is 1.13. The van der Waals surface area contributed by atoms with Gasteiger partial charge in [0.2, 0.25) is 0 Å². The molecule has 0 aromatic carbocycles. The van der Waals surface area contributed by atoms with Gasteiger partial charge in [-0.15, -0.1) is 0 Å². The second-order valence-corrected chi connectivity index (χ2v) is 2.07. The normalized spacial score (nSPS) is 16.5. The molecule has 0 saturated carbocycles. The van der Waals surface area contributed by atoms with Gasteiger partial charge in [-0.2, -0.15) is 0 Å². The zero-order valence-electron chi connectivity index (χ0n) is 5.92. The van der Waals surface area contributed by atoms with Crippen molar-refractivity contribution in [3.8, 4) is 0 Å². The van der Waals surface area contributed by atoms with E-state index in [4.69, 9.17) is 4.74 Å². The molecule has 3 nitrogen and oxygen atoms in total. The third-order valence-corrected chi connectivity index (χ3v) is 1.13. The first-order valence-corrected chi connectivity index (χ1v) is 3.33. The van der Waals surface area contributed by atoms with Crippen LogP contribution in [0.15, 0.2) is 11.8 Å². The molecule has 0 bridgehead atoms. The van der Waals surface area contributed by atoms with Crippen LogP contribution in [0.1, 0.15) is 13.3 Å². The molecule has 1 aliphatic rings. The first-order chi connectivity index (χ1) is 4.83. The number of rotatable bonds is 3. The van der Waals surface area contributed by atoms with E-state index in [-0.39, 0.29) is 5.97 Å². The average molecular weight is 142 g/mol. The van der Waals surface area contributed by atoms with Gasteiger partial charge in [0.25, 0.3) is 0 Å². The molecule has 0 aromatic rings. The Bertz CT molecular complexity index is 160. The summed E-state index contributed by atoms with van der Waals surface area (Å²) < 4.78 is 9.74. The lowest BCUT2D eigenvalue weighted by molar-refractivity contribution is -0.135. The van der Waals surface area contributed by atoms with Gasteiger partial charge in [0.15, 0.2) is 0 Å². The Balaban J connectivity index is 2.28. The van der Waals surface area contributed by atoms with Crippen LogP contribution in [0, 0.1) is 0 Å². The number of cyclic esters (lactones) is 1. The van der Waals surface area contributed by atoms with Crippen LogP contribution >= 0.6 is 0 Å². The van der Waals surface area contributed by atoms with E-state index in [0.717, 1.165) is 6.42 Å². The minimum Gasteiger partial charge on any atom is -0.494 e. The van der Waals surface area contributed by atoms with E-state index < -0.39 is 0 Å². The maximum atomic E-state index is 10.4. The molecular weight excluding hydrogens is 132 g/mol. The summed E-state index contributed by atoms with van der Waals surface area (Å²) in [6, 6.07) is 0. The highest BCUT2D eigenvalue weighted by molar-refractivity contribution is 5.84. The molecule has 0 spiro atoms. The monoisotopic (exact) mass is 142 g/mol. The van der Waals surface area contributed by atoms with Crippen LogP contribution < -0.4 is 0 Å². The quantitative estimate of drug-likeness (QED) is 0.548. The molecule has 0 N–H and O–H groups in total. The topological polar surface area (TPSA) is 35.5 Å². The highest BCUT2D eigenvalue weighted by Gasteiger charge is 2.12. The lowest BCUT2D eigenvalue weighted by atomic mass is 10.5. The van der Waals surface area contributed by atoms with Crippen molar-refractivity contribution in [2.75, 3.05) is 13.2 Å². The van der Waals surface area contributed by atoms with Crippen molar-refractivity contribution in [2.45, 2.75) is 13.3 Å². The number of esters is 1. The van der Waals surface area contributed by atoms with Gasteiger partial charge in [-0.1, -0.05) is 6.92 Å². The van der Waals surface area contributed by atoms with Crippen LogP contribution in [0.2, 0.25) is 0 Å². The summed E-state index contributed by atoms with van der Waals surface area (Å²) >= 11 is 0. The van der Waals surface area contributed by atoms with Crippen LogP contribution in [0.25, 0.3) is 0 Å². The van der Waals surface area contributed by atoms with Gasteiger partial charge in [-0.25, -0.2) is 4.79 Å². The number of hydrogen-bond acceptors (Lipinski definition) is 3. The maximum Gasteiger partial charge on any atom is 0.334 e. The number of ether oxygens (including phenoxy) is 2. The van der Waals surface area contributed by atoms with Crippen LogP contribution in [-0.4, -0.2) is 19.2 Å². The first-order valence-electron chi connectivity index (χ1n) is 3.33. The van der Waals surface area contributed by atoms with E-state index in [9.17, 15) is 4.79 Å². The zero-order valence-corrected chi connectivity index (χ0v) is 5.92. The van der Waals surface area contributed by atoms with Crippen molar-refractivity contribution in [3.05, 3.63) is 11.8 Å². The van der Waals surface area contributed by atoms with Crippen molar-refractivity contribution >= 4 is 5.97 Å². The summed E-state index contributed by atoms with van der Waals surface area (Å²) in [6.45, 7) is 2.97. The fourth-order valence-corrected chi connectivity index (χ4v) is 0.674. The molecule has 1 aliphatic heterocycles. The van der Waals surface area contributed by atoms with E-state index in [2.05, 4.69) is 4.74 Å². The molecule has 1 heterocycles. The number of carbonyl (C=O) groups is 1. The Labute approximate surface area is 59.6 Å². The van der Waals surface area contributed by atoms with Crippen molar-refractivity contribution in [2.24, 2.45) is 0 Å². The van der Waals surface area contributed by atoms with Crippen molar-refractivity contribution in [3.63, 3.8) is 0 Å². The predicted molar refractivity (Wildman–Crippen MR) is 35.3 cm³/mol. The summed E-state index contributed by atoms with van der Waals surface area (Å²) in [5, 5.41) is 0. The van der Waals surface area contributed by atoms with Crippen LogP contribution in [0.4, 0.5) is 0 Å². The molecule has 0 unspecified atom stereocenters. The standard InChI is InChI=1S/C7H10O3/c1-2-3-9-6-4-7(8)10-5-6/h4H,2-3,5H2,1H3. The fraction of sp³-hybridized carbons (Fsp3) is 0.571. The van der Waals surface area contributed by atoms with Gasteiger partial charge < -0.3 is 9.47 Å². The van der Waals surface area contributed by atoms with Gasteiger partial charge in [0.1, 0.15) is 12.4 Å². The minimum atomic E-state index is -0.300. The Kier molecular flexibility index (Phi) is 2.31. The van der Waals surface area contributed by atoms with Gasteiger partial charge in [-0.05, 0) is 6.42 Å². The van der Waals surface area contributed by atoms with E-state index in [1.54, 1.807) is 0 Å². The van der Waals surface area contributed by atoms with E-state index in [1.807, 2.05) is 6.92 Å². The molecule has 0 aromatic heterocycles. The largest absolute Gasteiger partial charge is 0.494 e. The summed E-state index contributed by atoms with van der Waals surface area (Å²) in [7, 11) is 0. The lowest BCUT2D eigenvalue weighted by Crippen LogP contribution is -1.95. The fourth-order valence-electron chi connectivity index (χ4n) is 0.674. The van der Waals surface area contributed by atoms with Gasteiger partial charge in [0, 0.05) is 0 Å². The molecule has 1 rings (SSSR count). The third kappa shape index (κ3) is 1.76. The van der Waals surface area contributed by atoms with Crippen LogP contribution in [-0.2, 0) is 14.3 Å². The van der Waals surface area contributed by atoms with Crippen molar-refractivity contribution in [1.29, 1.82) is 0 Å². The Hall–Kier alpha value is -0.990. The second-order valence-electron chi connectivity index (χ2n) is 2.07. The first kappa shape index (κ1) is 7.12. The Morgan fingerprint density at radius 3 is 3.10 bits per heavy atom. The molecule has 0 radical (unpaired) electrons. The molecule has 0 saturated heterocycles. The summed E-state index contributed by atoms with van der Waals surface area (Å²) in [5.74, 6) is 0.345. The smallest absolute Gasteiger partial charge is 0.334 e. The minimum absolute atomic E-state index is 0.300. The van der Waals surface area contributed by atoms with Crippen LogP contribution in [0.5, 0.6) is 0 Å². The predicted octanol–water partition coefficient (Wildman–Crippen LogP) is 0.854. The maximum absolute atomic E-state index is 10.4. The highest BCUT2D eigenvalue weighted by atomic mass is 16.6. The second kappa shape index (κ2) is 3.25. The van der Waals surface area contributed by atoms with Crippen molar-refractivity contribution in [1.82, 2.24) is 0 Å². The average Bonchev–Trinajstić information content (AvgIpc) is 2.31. The Morgan fingerprint density at radius 2 is 2.60 bits per heavy atom. The van der Waals surface area contributed by atoms with Crippen LogP contribution in [0.3, 0.4) is 0 Å². The molecule has 0 fully saturated rings. The van der Waals surface area contributed by atoms with E-state index >= 15 is 0 Å². The van der Waals surface area contributed by atoms with Gasteiger partial charge in [0.05, 0.1) is 12.7 Å². The molecule has 0 amide bonds. The van der Waals surface area contributed by atoms with Gasteiger partial charge >= 0.3 is 5.97 Å². The van der Waals surface area contributed by atoms with Crippen molar-refractivity contribution < 1.29 is 14.3 Å². The summed E-state index contributed by atoms with van der Waals surface area (Å²) in [6.07, 6.45) is 2.33. The Morgan fingerprint density at radius 1 is 1.80 bits per heavy atom. The van der Waals surface area contributed by atoms with Gasteiger partial charge in [-0.3, -0.25) is 0 Å². The SMILES string of the molecule is CCCOC1=CC(=O)OC1. The number of carbonyl (C=O) groups excluding carboxylic acids is 1. The molecule has 56 valence electrons. The summed E-state index contributed by atoms with van der Waals surface area (Å²) in [5.41, 5.74) is 0. The molecular formula is C7H10O3. The highest BCUT2D eigenvalue weighted by Crippen LogP contribution is 2.06. The number of hydrogen-bond donors (Lipinski definition) is 0. The lowest BCUT2D eigenvalue weighted by Gasteiger charge is -2.01. The molecule has 0 atom stereocenters. The molecule has 0 aliphatic carbocycles. The van der Waals surface area contributed by atoms with E-state index in [1.165, 1.54) is 6.08 Å². The molecule has 3 heteroatoms. The summed E-state index contributed by atoms with van der Waals surface area (Å²) in [4.78, 5) is 10.4.